The van der Waals surface area contributed by atoms with Crippen molar-refractivity contribution in [3.05, 3.63) is 0 Å². The third-order valence-corrected chi connectivity index (χ3v) is 3.41. The topological polar surface area (TPSA) is 83.8 Å². The summed E-state index contributed by atoms with van der Waals surface area (Å²) in [5.41, 5.74) is 0. The maximum Gasteiger partial charge on any atom is 0.345 e. The van der Waals surface area contributed by atoms with Crippen molar-refractivity contribution in [2.45, 2.75) is 83.7 Å². The van der Waals surface area contributed by atoms with Crippen LogP contribution in [0.5, 0.6) is 0 Å². The Morgan fingerprint density at radius 3 is 2.05 bits per heavy atom. The highest BCUT2D eigenvalue weighted by atomic mass is 16.6. The van der Waals surface area contributed by atoms with Crippen molar-refractivity contribution in [3.63, 3.8) is 0 Å². The van der Waals surface area contributed by atoms with E-state index in [1.807, 2.05) is 6.92 Å². The van der Waals surface area contributed by atoms with Crippen LogP contribution in [0.1, 0.15) is 77.6 Å². The van der Waals surface area contributed by atoms with Crippen LogP contribution in [0.4, 0.5) is 0 Å². The first-order valence-corrected chi connectivity index (χ1v) is 8.15. The summed E-state index contributed by atoms with van der Waals surface area (Å²) in [6.07, 6.45) is 8.25. The number of esters is 1. The van der Waals surface area contributed by atoms with Gasteiger partial charge in [0.05, 0.1) is 0 Å². The lowest BCUT2D eigenvalue weighted by Gasteiger charge is -2.13. The molecule has 0 aromatic heterocycles. The highest BCUT2D eigenvalue weighted by Crippen LogP contribution is 2.11. The van der Waals surface area contributed by atoms with Gasteiger partial charge in [0.2, 0.25) is 0 Å². The van der Waals surface area contributed by atoms with Crippen molar-refractivity contribution < 1.29 is 24.5 Å². The summed E-state index contributed by atoms with van der Waals surface area (Å²) < 4.78 is 5.01. The smallest absolute Gasteiger partial charge is 0.345 e. The number of carbonyl (C=O) groups excluding carboxylic acids is 1. The molecule has 1 atom stereocenters. The second kappa shape index (κ2) is 13.9. The van der Waals surface area contributed by atoms with E-state index in [1.54, 1.807) is 0 Å². The van der Waals surface area contributed by atoms with Gasteiger partial charge in [-0.1, -0.05) is 45.4 Å². The average Bonchev–Trinajstić information content (AvgIpc) is 2.46. The lowest BCUT2D eigenvalue weighted by Crippen LogP contribution is -2.26. The fraction of sp³-hybridized carbons (Fsp3) is 0.875. The normalized spacial score (nSPS) is 12.1. The molecule has 5 heteroatoms. The Kier molecular flexibility index (Phi) is 13.1. The summed E-state index contributed by atoms with van der Waals surface area (Å²) in [5, 5.41) is 17.6. The highest BCUT2D eigenvalue weighted by Gasteiger charge is 2.20. The van der Waals surface area contributed by atoms with Gasteiger partial charge in [-0.3, -0.25) is 4.79 Å². The molecule has 0 heterocycles. The number of unbranched alkanes of at least 4 members (excludes halogenated alkanes) is 7. The molecular formula is C16H30O5. The molecule has 0 saturated heterocycles. The first-order valence-electron chi connectivity index (χ1n) is 8.15. The Morgan fingerprint density at radius 1 is 0.952 bits per heavy atom. The van der Waals surface area contributed by atoms with Crippen molar-refractivity contribution >= 4 is 11.9 Å². The van der Waals surface area contributed by atoms with E-state index in [2.05, 4.69) is 0 Å². The van der Waals surface area contributed by atoms with Crippen LogP contribution in [0.25, 0.3) is 0 Å². The summed E-state index contributed by atoms with van der Waals surface area (Å²) in [6.45, 7) is 2.23. The molecule has 0 amide bonds. The van der Waals surface area contributed by atoms with Gasteiger partial charge < -0.3 is 14.9 Å². The standard InChI is InChI=1S/C16H30O5/c1-2-3-11-14(16(19)20)21-15(18)12-9-7-5-4-6-8-10-13-17/h14,17H,2-13H2,1H3,(H,19,20). The van der Waals surface area contributed by atoms with Crippen LogP contribution in [0.3, 0.4) is 0 Å². The molecule has 0 aliphatic carbocycles. The van der Waals surface area contributed by atoms with E-state index >= 15 is 0 Å². The average molecular weight is 302 g/mol. The van der Waals surface area contributed by atoms with Crippen molar-refractivity contribution in [2.75, 3.05) is 6.61 Å². The summed E-state index contributed by atoms with van der Waals surface area (Å²) in [5.74, 6) is -1.46. The third-order valence-electron chi connectivity index (χ3n) is 3.41. The maximum absolute atomic E-state index is 11.6. The number of carboxylic acids is 1. The number of carbonyl (C=O) groups is 2. The SMILES string of the molecule is CCCCC(OC(=O)CCCCCCCCCO)C(=O)O. The van der Waals surface area contributed by atoms with Crippen molar-refractivity contribution in [2.24, 2.45) is 0 Å². The van der Waals surface area contributed by atoms with E-state index in [1.165, 1.54) is 0 Å². The zero-order valence-electron chi connectivity index (χ0n) is 13.2. The van der Waals surface area contributed by atoms with E-state index in [0.717, 1.165) is 57.8 Å². The van der Waals surface area contributed by atoms with Gasteiger partial charge in [-0.05, 0) is 25.7 Å². The molecule has 0 bridgehead atoms. The molecule has 0 fully saturated rings. The number of hydrogen-bond donors (Lipinski definition) is 2. The molecule has 0 aliphatic heterocycles. The quantitative estimate of drug-likeness (QED) is 0.380. The fourth-order valence-electron chi connectivity index (χ4n) is 2.10. The number of ether oxygens (including phenoxy) is 1. The second-order valence-electron chi connectivity index (χ2n) is 5.41. The Hall–Kier alpha value is -1.10. The van der Waals surface area contributed by atoms with Gasteiger partial charge in [0, 0.05) is 13.0 Å². The van der Waals surface area contributed by atoms with E-state index in [4.69, 9.17) is 14.9 Å². The largest absolute Gasteiger partial charge is 0.479 e. The van der Waals surface area contributed by atoms with Gasteiger partial charge in [-0.15, -0.1) is 0 Å². The summed E-state index contributed by atoms with van der Waals surface area (Å²) >= 11 is 0. The van der Waals surface area contributed by atoms with E-state index < -0.39 is 18.0 Å². The highest BCUT2D eigenvalue weighted by molar-refractivity contribution is 5.77. The Labute approximate surface area is 127 Å². The second-order valence-corrected chi connectivity index (χ2v) is 5.41. The van der Waals surface area contributed by atoms with Crippen molar-refractivity contribution in [1.29, 1.82) is 0 Å². The van der Waals surface area contributed by atoms with Crippen LogP contribution < -0.4 is 0 Å². The number of hydrogen-bond acceptors (Lipinski definition) is 4. The summed E-state index contributed by atoms with van der Waals surface area (Å²) in [4.78, 5) is 22.5. The van der Waals surface area contributed by atoms with Crippen LogP contribution in [-0.2, 0) is 14.3 Å². The van der Waals surface area contributed by atoms with Gasteiger partial charge in [-0.2, -0.15) is 0 Å². The number of aliphatic hydroxyl groups is 1. The molecule has 0 aromatic rings. The molecule has 0 saturated carbocycles. The predicted molar refractivity (Wildman–Crippen MR) is 81.1 cm³/mol. The maximum atomic E-state index is 11.6. The Balaban J connectivity index is 3.61. The van der Waals surface area contributed by atoms with Crippen LogP contribution in [0.15, 0.2) is 0 Å². The van der Waals surface area contributed by atoms with Crippen LogP contribution in [0.2, 0.25) is 0 Å². The van der Waals surface area contributed by atoms with Gasteiger partial charge >= 0.3 is 11.9 Å². The lowest BCUT2D eigenvalue weighted by molar-refractivity contribution is -0.164. The minimum Gasteiger partial charge on any atom is -0.479 e. The van der Waals surface area contributed by atoms with Crippen LogP contribution in [0, 0.1) is 0 Å². The molecule has 5 nitrogen and oxygen atoms in total. The van der Waals surface area contributed by atoms with Gasteiger partial charge in [-0.25, -0.2) is 4.79 Å². The molecule has 0 spiro atoms. The zero-order chi connectivity index (χ0) is 15.9. The zero-order valence-corrected chi connectivity index (χ0v) is 13.2. The summed E-state index contributed by atoms with van der Waals surface area (Å²) in [6, 6.07) is 0. The number of carboxylic acid groups (broad SMARTS) is 1. The molecule has 124 valence electrons. The lowest BCUT2D eigenvalue weighted by atomic mass is 10.1. The summed E-state index contributed by atoms with van der Waals surface area (Å²) in [7, 11) is 0. The molecule has 1 unspecified atom stereocenters. The molecule has 0 radical (unpaired) electrons. The van der Waals surface area contributed by atoms with Gasteiger partial charge in [0.25, 0.3) is 0 Å². The van der Waals surface area contributed by atoms with E-state index in [0.29, 0.717) is 12.8 Å². The van der Waals surface area contributed by atoms with Crippen molar-refractivity contribution in [1.82, 2.24) is 0 Å². The van der Waals surface area contributed by atoms with Crippen LogP contribution in [-0.4, -0.2) is 34.9 Å². The fourth-order valence-corrected chi connectivity index (χ4v) is 2.10. The molecule has 2 N–H and O–H groups in total. The minimum atomic E-state index is -1.05. The van der Waals surface area contributed by atoms with Gasteiger partial charge in [0.15, 0.2) is 6.10 Å². The predicted octanol–water partition coefficient (Wildman–Crippen LogP) is 3.29. The number of aliphatic hydroxyl groups excluding tert-OH is 1. The first-order chi connectivity index (χ1) is 10.1. The molecule has 0 aromatic carbocycles. The molecule has 0 aliphatic rings. The minimum absolute atomic E-state index is 0.259. The Bertz CT molecular complexity index is 278. The molecular weight excluding hydrogens is 272 g/mol. The van der Waals surface area contributed by atoms with Crippen LogP contribution >= 0.6 is 0 Å². The first kappa shape index (κ1) is 19.9. The van der Waals surface area contributed by atoms with Crippen molar-refractivity contribution in [3.8, 4) is 0 Å². The number of aliphatic carboxylic acids is 1. The van der Waals surface area contributed by atoms with E-state index in [9.17, 15) is 9.59 Å². The number of rotatable bonds is 14. The monoisotopic (exact) mass is 302 g/mol. The Morgan fingerprint density at radius 2 is 1.52 bits per heavy atom. The van der Waals surface area contributed by atoms with E-state index in [-0.39, 0.29) is 6.61 Å². The third kappa shape index (κ3) is 12.4. The molecule has 0 rings (SSSR count). The molecule has 21 heavy (non-hydrogen) atoms. The van der Waals surface area contributed by atoms with Gasteiger partial charge in [0.1, 0.15) is 0 Å².